The summed E-state index contributed by atoms with van der Waals surface area (Å²) < 4.78 is 18.2. The molecule has 5 aliphatic heterocycles. The Morgan fingerprint density at radius 2 is 1.92 bits per heavy atom. The van der Waals surface area contributed by atoms with Crippen molar-refractivity contribution in [1.82, 2.24) is 10.2 Å². The van der Waals surface area contributed by atoms with Crippen LogP contribution in [-0.4, -0.2) is 69.5 Å². The van der Waals surface area contributed by atoms with Crippen LogP contribution in [0.15, 0.2) is 36.4 Å². The summed E-state index contributed by atoms with van der Waals surface area (Å²) in [6.07, 6.45) is 5.61. The lowest BCUT2D eigenvalue weighted by atomic mass is 9.73. The van der Waals surface area contributed by atoms with Crippen molar-refractivity contribution in [3.05, 3.63) is 53.1 Å². The van der Waals surface area contributed by atoms with Crippen molar-refractivity contribution >= 4 is 11.6 Å². The van der Waals surface area contributed by atoms with Crippen molar-refractivity contribution in [2.45, 2.75) is 49.7 Å². The molecule has 0 radical (unpaired) electrons. The average Bonchev–Trinajstić information content (AvgIpc) is 3.62. The molecule has 1 unspecified atom stereocenters. The van der Waals surface area contributed by atoms with Crippen LogP contribution in [0.1, 0.15) is 53.6 Å². The highest BCUT2D eigenvalue weighted by Crippen LogP contribution is 2.49. The maximum atomic E-state index is 12.1. The third-order valence-corrected chi connectivity index (χ3v) is 9.70. The normalized spacial score (nSPS) is 25.7. The number of carbonyl (C=O) groups excluding carboxylic acids is 1. The van der Waals surface area contributed by atoms with Crippen LogP contribution in [0.2, 0.25) is 0 Å². The van der Waals surface area contributed by atoms with E-state index in [2.05, 4.69) is 39.4 Å². The largest absolute Gasteiger partial charge is 0.497 e. The van der Waals surface area contributed by atoms with Crippen LogP contribution in [0, 0.1) is 5.92 Å². The molecule has 7 heteroatoms. The molecule has 5 heterocycles. The molecule has 3 saturated heterocycles. The standard InChI is InChI=1S/C30H37N3O4/c1-35-23-4-2-3-22(15-23)33-13-9-30(10-14-33)16-21(19-37-30)18-32-11-7-29(8-12-32)20-36-27-25-17-31-28(34)24(25)5-6-26(27)29/h2-6,15,21H,7-14,16-20H2,1H3,(H,31,34). The fourth-order valence-corrected chi connectivity index (χ4v) is 7.48. The summed E-state index contributed by atoms with van der Waals surface area (Å²) in [7, 11) is 1.73. The monoisotopic (exact) mass is 503 g/mol. The van der Waals surface area contributed by atoms with E-state index >= 15 is 0 Å². The molecule has 5 aliphatic rings. The van der Waals surface area contributed by atoms with Gasteiger partial charge in [-0.25, -0.2) is 0 Å². The number of anilines is 1. The Balaban J connectivity index is 0.938. The van der Waals surface area contributed by atoms with Gasteiger partial charge in [-0.1, -0.05) is 12.1 Å². The summed E-state index contributed by atoms with van der Waals surface area (Å²) in [6.45, 7) is 7.65. The molecule has 2 aromatic rings. The minimum Gasteiger partial charge on any atom is -0.497 e. The highest BCUT2D eigenvalue weighted by molar-refractivity contribution is 5.99. The second-order valence-corrected chi connectivity index (χ2v) is 11.8. The van der Waals surface area contributed by atoms with E-state index in [1.165, 1.54) is 17.7 Å². The second-order valence-electron chi connectivity index (χ2n) is 11.8. The minimum atomic E-state index is 0.0275. The first kappa shape index (κ1) is 23.4. The molecule has 3 fully saturated rings. The zero-order valence-electron chi connectivity index (χ0n) is 21.8. The SMILES string of the molecule is COc1cccc(N2CCC3(CC2)CC(CN2CCC4(CC2)COc2c4ccc4c2CNC4=O)CO3)c1. The average molecular weight is 504 g/mol. The van der Waals surface area contributed by atoms with Crippen molar-refractivity contribution in [1.29, 1.82) is 0 Å². The van der Waals surface area contributed by atoms with Crippen LogP contribution in [0.3, 0.4) is 0 Å². The Kier molecular flexibility index (Phi) is 5.63. The van der Waals surface area contributed by atoms with Crippen LogP contribution >= 0.6 is 0 Å². The number of hydrogen-bond donors (Lipinski definition) is 1. The number of amides is 1. The third kappa shape index (κ3) is 3.98. The van der Waals surface area contributed by atoms with Gasteiger partial charge in [-0.2, -0.15) is 0 Å². The van der Waals surface area contributed by atoms with E-state index < -0.39 is 0 Å². The maximum Gasteiger partial charge on any atom is 0.252 e. The lowest BCUT2D eigenvalue weighted by Gasteiger charge is -2.40. The van der Waals surface area contributed by atoms with E-state index in [4.69, 9.17) is 14.2 Å². The number of fused-ring (bicyclic) bond motifs is 4. The summed E-state index contributed by atoms with van der Waals surface area (Å²) in [5.74, 6) is 2.54. The Hall–Kier alpha value is -2.77. The number of rotatable bonds is 4. The van der Waals surface area contributed by atoms with Crippen LogP contribution in [0.4, 0.5) is 5.69 Å². The van der Waals surface area contributed by atoms with E-state index in [-0.39, 0.29) is 16.9 Å². The number of nitrogens with zero attached hydrogens (tertiary/aromatic N) is 2. The van der Waals surface area contributed by atoms with Crippen LogP contribution in [0.25, 0.3) is 0 Å². The molecule has 7 rings (SSSR count). The lowest BCUT2D eigenvalue weighted by molar-refractivity contribution is -0.0156. The predicted molar refractivity (Wildman–Crippen MR) is 142 cm³/mol. The summed E-state index contributed by atoms with van der Waals surface area (Å²) in [5.41, 5.74) is 4.59. The molecular formula is C30H37N3O4. The summed E-state index contributed by atoms with van der Waals surface area (Å²) in [4.78, 5) is 17.2. The first-order valence-corrected chi connectivity index (χ1v) is 13.9. The van der Waals surface area contributed by atoms with Gasteiger partial charge >= 0.3 is 0 Å². The summed E-state index contributed by atoms with van der Waals surface area (Å²) in [6, 6.07) is 12.6. The number of ether oxygens (including phenoxy) is 3. The van der Waals surface area contributed by atoms with E-state index in [0.29, 0.717) is 12.5 Å². The minimum absolute atomic E-state index is 0.0275. The Morgan fingerprint density at radius 3 is 2.73 bits per heavy atom. The van der Waals surface area contributed by atoms with Gasteiger partial charge in [0.25, 0.3) is 5.91 Å². The Morgan fingerprint density at radius 1 is 1.08 bits per heavy atom. The van der Waals surface area contributed by atoms with Crippen molar-refractivity contribution in [3.8, 4) is 11.5 Å². The summed E-state index contributed by atoms with van der Waals surface area (Å²) in [5, 5.41) is 2.95. The van der Waals surface area contributed by atoms with Gasteiger partial charge < -0.3 is 29.3 Å². The number of piperidine rings is 2. The zero-order chi connectivity index (χ0) is 25.0. The van der Waals surface area contributed by atoms with Gasteiger partial charge in [-0.15, -0.1) is 0 Å². The van der Waals surface area contributed by atoms with Gasteiger partial charge in [0.2, 0.25) is 0 Å². The summed E-state index contributed by atoms with van der Waals surface area (Å²) >= 11 is 0. The first-order chi connectivity index (χ1) is 18.1. The molecule has 0 aliphatic carbocycles. The van der Waals surface area contributed by atoms with E-state index in [0.717, 1.165) is 94.2 Å². The molecule has 0 saturated carbocycles. The smallest absolute Gasteiger partial charge is 0.252 e. The number of methoxy groups -OCH3 is 1. The number of nitrogens with one attached hydrogen (secondary N) is 1. The van der Waals surface area contributed by atoms with Gasteiger partial charge in [0.1, 0.15) is 11.5 Å². The number of likely N-dealkylation sites (tertiary alicyclic amines) is 1. The van der Waals surface area contributed by atoms with Gasteiger partial charge in [0.15, 0.2) is 0 Å². The number of hydrogen-bond acceptors (Lipinski definition) is 6. The van der Waals surface area contributed by atoms with Gasteiger partial charge in [0, 0.05) is 60.0 Å². The highest BCUT2D eigenvalue weighted by Gasteiger charge is 2.47. The molecule has 0 aromatic heterocycles. The zero-order valence-corrected chi connectivity index (χ0v) is 21.8. The van der Waals surface area contributed by atoms with Crippen molar-refractivity contribution in [2.24, 2.45) is 5.92 Å². The molecule has 2 aromatic carbocycles. The molecule has 37 heavy (non-hydrogen) atoms. The van der Waals surface area contributed by atoms with E-state index in [1.807, 2.05) is 12.1 Å². The maximum absolute atomic E-state index is 12.1. The molecule has 1 atom stereocenters. The van der Waals surface area contributed by atoms with Gasteiger partial charge in [0.05, 0.1) is 25.9 Å². The van der Waals surface area contributed by atoms with Crippen LogP contribution < -0.4 is 19.7 Å². The van der Waals surface area contributed by atoms with Crippen molar-refractivity contribution in [2.75, 3.05) is 57.9 Å². The lowest BCUT2D eigenvalue weighted by Crippen LogP contribution is -2.46. The number of benzene rings is 2. The van der Waals surface area contributed by atoms with E-state index in [9.17, 15) is 4.79 Å². The Labute approximate surface area is 219 Å². The van der Waals surface area contributed by atoms with Crippen LogP contribution in [0.5, 0.6) is 11.5 Å². The van der Waals surface area contributed by atoms with Crippen LogP contribution in [-0.2, 0) is 16.7 Å². The van der Waals surface area contributed by atoms with Crippen molar-refractivity contribution < 1.29 is 19.0 Å². The quantitative estimate of drug-likeness (QED) is 0.686. The Bertz CT molecular complexity index is 1200. The van der Waals surface area contributed by atoms with Gasteiger partial charge in [-0.3, -0.25) is 4.79 Å². The third-order valence-electron chi connectivity index (χ3n) is 9.70. The molecule has 2 spiro atoms. The number of carbonyl (C=O) groups is 1. The van der Waals surface area contributed by atoms with Crippen molar-refractivity contribution in [3.63, 3.8) is 0 Å². The topological polar surface area (TPSA) is 63.3 Å². The molecule has 196 valence electrons. The highest BCUT2D eigenvalue weighted by atomic mass is 16.5. The first-order valence-electron chi connectivity index (χ1n) is 13.9. The molecule has 1 N–H and O–H groups in total. The second kappa shape index (κ2) is 8.91. The molecule has 7 nitrogen and oxygen atoms in total. The molecule has 1 amide bonds. The fraction of sp³-hybridized carbons (Fsp3) is 0.567. The molecule has 0 bridgehead atoms. The van der Waals surface area contributed by atoms with Gasteiger partial charge in [-0.05, 0) is 69.3 Å². The van der Waals surface area contributed by atoms with E-state index in [1.54, 1.807) is 7.11 Å². The predicted octanol–water partition coefficient (Wildman–Crippen LogP) is 3.74. The fourth-order valence-electron chi connectivity index (χ4n) is 7.48. The molecular weight excluding hydrogens is 466 g/mol.